The molecule has 21 heavy (non-hydrogen) atoms. The lowest BCUT2D eigenvalue weighted by Gasteiger charge is -2.37. The lowest BCUT2D eigenvalue weighted by molar-refractivity contribution is 0.358. The molecule has 2 aliphatic rings. The van der Waals surface area contributed by atoms with Gasteiger partial charge in [0.2, 0.25) is 5.95 Å². The van der Waals surface area contributed by atoms with Crippen LogP contribution in [0.1, 0.15) is 51.5 Å². The molecule has 1 aromatic rings. The van der Waals surface area contributed by atoms with Crippen LogP contribution in [0.25, 0.3) is 0 Å². The number of hydrogen-bond acceptors (Lipinski definition) is 4. The van der Waals surface area contributed by atoms with Gasteiger partial charge in [-0.25, -0.2) is 9.97 Å². The van der Waals surface area contributed by atoms with Crippen molar-refractivity contribution in [2.75, 3.05) is 18.0 Å². The van der Waals surface area contributed by atoms with E-state index in [1.807, 2.05) is 12.4 Å². The maximum atomic E-state index is 4.64. The zero-order valence-electron chi connectivity index (χ0n) is 13.4. The molecule has 0 bridgehead atoms. The largest absolute Gasteiger partial charge is 0.338 e. The fraction of sp³-hybridized carbons (Fsp3) is 0.765. The Morgan fingerprint density at radius 1 is 1.19 bits per heavy atom. The van der Waals surface area contributed by atoms with Crippen molar-refractivity contribution < 1.29 is 0 Å². The molecule has 0 radical (unpaired) electrons. The van der Waals surface area contributed by atoms with Gasteiger partial charge in [-0.3, -0.25) is 0 Å². The molecular weight excluding hydrogens is 260 g/mol. The fourth-order valence-electron chi connectivity index (χ4n) is 3.80. The highest BCUT2D eigenvalue weighted by atomic mass is 15.3. The highest BCUT2D eigenvalue weighted by Crippen LogP contribution is 2.37. The Morgan fingerprint density at radius 3 is 2.71 bits per heavy atom. The molecule has 2 fully saturated rings. The van der Waals surface area contributed by atoms with E-state index >= 15 is 0 Å². The summed E-state index contributed by atoms with van der Waals surface area (Å²) in [6.45, 7) is 7.48. The molecule has 1 saturated heterocycles. The van der Waals surface area contributed by atoms with Gasteiger partial charge in [0.1, 0.15) is 0 Å². The number of piperidine rings is 1. The van der Waals surface area contributed by atoms with Gasteiger partial charge in [-0.15, -0.1) is 0 Å². The number of anilines is 1. The molecule has 1 saturated carbocycles. The van der Waals surface area contributed by atoms with Crippen LogP contribution in [-0.2, 0) is 6.54 Å². The molecule has 3 rings (SSSR count). The Hall–Kier alpha value is -1.16. The van der Waals surface area contributed by atoms with Crippen LogP contribution >= 0.6 is 0 Å². The molecule has 1 aliphatic heterocycles. The van der Waals surface area contributed by atoms with Gasteiger partial charge in [0.25, 0.3) is 0 Å². The van der Waals surface area contributed by atoms with Crippen molar-refractivity contribution in [3.63, 3.8) is 0 Å². The molecule has 0 spiro atoms. The van der Waals surface area contributed by atoms with Crippen molar-refractivity contribution in [1.29, 1.82) is 0 Å². The summed E-state index contributed by atoms with van der Waals surface area (Å²) in [5, 5.41) is 3.44. The quantitative estimate of drug-likeness (QED) is 0.904. The maximum absolute atomic E-state index is 4.64. The van der Waals surface area contributed by atoms with Crippen molar-refractivity contribution >= 4 is 5.95 Å². The van der Waals surface area contributed by atoms with E-state index in [0.29, 0.717) is 12.0 Å². The van der Waals surface area contributed by atoms with Crippen molar-refractivity contribution in [3.05, 3.63) is 18.0 Å². The van der Waals surface area contributed by atoms with Crippen molar-refractivity contribution in [3.8, 4) is 0 Å². The molecule has 1 N–H and O–H groups in total. The number of rotatable bonds is 5. The lowest BCUT2D eigenvalue weighted by Crippen LogP contribution is -2.43. The molecule has 1 aliphatic carbocycles. The second kappa shape index (κ2) is 6.73. The summed E-state index contributed by atoms with van der Waals surface area (Å²) >= 11 is 0. The van der Waals surface area contributed by atoms with E-state index in [0.717, 1.165) is 31.5 Å². The molecule has 0 amide bonds. The third-order valence-corrected chi connectivity index (χ3v) is 4.82. The molecule has 4 heteroatoms. The predicted molar refractivity (Wildman–Crippen MR) is 86.3 cm³/mol. The van der Waals surface area contributed by atoms with E-state index in [9.17, 15) is 0 Å². The summed E-state index contributed by atoms with van der Waals surface area (Å²) in [6.07, 6.45) is 10.8. The highest BCUT2D eigenvalue weighted by Gasteiger charge is 2.35. The van der Waals surface area contributed by atoms with Crippen molar-refractivity contribution in [2.24, 2.45) is 11.8 Å². The van der Waals surface area contributed by atoms with Crippen LogP contribution in [0, 0.1) is 11.8 Å². The van der Waals surface area contributed by atoms with Gasteiger partial charge in [0, 0.05) is 37.1 Å². The summed E-state index contributed by atoms with van der Waals surface area (Å²) < 4.78 is 0. The van der Waals surface area contributed by atoms with Gasteiger partial charge in [-0.05, 0) is 44.1 Å². The second-order valence-electron chi connectivity index (χ2n) is 7.01. The Morgan fingerprint density at radius 2 is 1.95 bits per heavy atom. The summed E-state index contributed by atoms with van der Waals surface area (Å²) in [7, 11) is 0. The normalized spacial score (nSPS) is 25.4. The molecule has 116 valence electrons. The van der Waals surface area contributed by atoms with Crippen LogP contribution in [0.15, 0.2) is 12.4 Å². The average molecular weight is 288 g/mol. The first-order valence-corrected chi connectivity index (χ1v) is 8.52. The molecule has 2 atom stereocenters. The molecule has 2 heterocycles. The molecule has 2 unspecified atom stereocenters. The smallest absolute Gasteiger partial charge is 0.225 e. The average Bonchev–Trinajstić information content (AvgIpc) is 2.96. The van der Waals surface area contributed by atoms with E-state index in [1.165, 1.54) is 37.7 Å². The summed E-state index contributed by atoms with van der Waals surface area (Å²) in [6, 6.07) is 0.698. The summed E-state index contributed by atoms with van der Waals surface area (Å²) in [5.41, 5.74) is 1.18. The first-order chi connectivity index (χ1) is 10.2. The van der Waals surface area contributed by atoms with Crippen LogP contribution in [0.3, 0.4) is 0 Å². The Balaban J connectivity index is 1.61. The number of fused-ring (bicyclic) bond motifs is 1. The molecule has 1 aromatic heterocycles. The van der Waals surface area contributed by atoms with E-state index < -0.39 is 0 Å². The van der Waals surface area contributed by atoms with Gasteiger partial charge in [-0.1, -0.05) is 20.3 Å². The zero-order valence-corrected chi connectivity index (χ0v) is 13.4. The SMILES string of the molecule is CC(C)CNCc1cnc(N2CCCC3CCCC32)nc1. The molecule has 4 nitrogen and oxygen atoms in total. The van der Waals surface area contributed by atoms with Gasteiger partial charge < -0.3 is 10.2 Å². The molecule has 0 aromatic carbocycles. The lowest BCUT2D eigenvalue weighted by atomic mass is 9.92. The standard InChI is InChI=1S/C17H28N4/c1-13(2)9-18-10-14-11-19-17(20-12-14)21-8-4-6-15-5-3-7-16(15)21/h11-13,15-16,18H,3-10H2,1-2H3. The first-order valence-electron chi connectivity index (χ1n) is 8.52. The topological polar surface area (TPSA) is 41.1 Å². The van der Waals surface area contributed by atoms with E-state index in [2.05, 4.69) is 34.0 Å². The van der Waals surface area contributed by atoms with Crippen molar-refractivity contribution in [2.45, 2.75) is 58.5 Å². The third kappa shape index (κ3) is 3.54. The number of hydrogen-bond donors (Lipinski definition) is 1. The van der Waals surface area contributed by atoms with Gasteiger partial charge >= 0.3 is 0 Å². The van der Waals surface area contributed by atoms with Crippen LogP contribution in [0.2, 0.25) is 0 Å². The number of nitrogens with one attached hydrogen (secondary N) is 1. The first kappa shape index (κ1) is 14.8. The minimum absolute atomic E-state index is 0.679. The Kier molecular flexibility index (Phi) is 4.73. The van der Waals surface area contributed by atoms with Crippen LogP contribution in [0.5, 0.6) is 0 Å². The highest BCUT2D eigenvalue weighted by molar-refractivity contribution is 5.33. The monoisotopic (exact) mass is 288 g/mol. The summed E-state index contributed by atoms with van der Waals surface area (Å²) in [5.74, 6) is 2.51. The van der Waals surface area contributed by atoms with Gasteiger partial charge in [-0.2, -0.15) is 0 Å². The Labute approximate surface area is 128 Å². The van der Waals surface area contributed by atoms with E-state index in [4.69, 9.17) is 0 Å². The fourth-order valence-corrected chi connectivity index (χ4v) is 3.80. The predicted octanol–water partition coefficient (Wildman–Crippen LogP) is 2.99. The van der Waals surface area contributed by atoms with Gasteiger partial charge in [0.05, 0.1) is 0 Å². The molecular formula is C17H28N4. The van der Waals surface area contributed by atoms with E-state index in [1.54, 1.807) is 0 Å². The van der Waals surface area contributed by atoms with Gasteiger partial charge in [0.15, 0.2) is 0 Å². The maximum Gasteiger partial charge on any atom is 0.225 e. The zero-order chi connectivity index (χ0) is 14.7. The van der Waals surface area contributed by atoms with Crippen LogP contribution < -0.4 is 10.2 Å². The van der Waals surface area contributed by atoms with Crippen LogP contribution in [-0.4, -0.2) is 29.1 Å². The minimum Gasteiger partial charge on any atom is -0.338 e. The van der Waals surface area contributed by atoms with E-state index in [-0.39, 0.29) is 0 Å². The number of nitrogens with zero attached hydrogens (tertiary/aromatic N) is 3. The van der Waals surface area contributed by atoms with Crippen LogP contribution in [0.4, 0.5) is 5.95 Å². The summed E-state index contributed by atoms with van der Waals surface area (Å²) in [4.78, 5) is 11.7. The minimum atomic E-state index is 0.679. The second-order valence-corrected chi connectivity index (χ2v) is 7.01. The Bertz CT molecular complexity index is 443. The van der Waals surface area contributed by atoms with Crippen molar-refractivity contribution in [1.82, 2.24) is 15.3 Å². The third-order valence-electron chi connectivity index (χ3n) is 4.82. The number of aromatic nitrogens is 2.